The van der Waals surface area contributed by atoms with E-state index in [-0.39, 0.29) is 0 Å². The molecule has 0 saturated carbocycles. The van der Waals surface area contributed by atoms with Crippen molar-refractivity contribution in [3.63, 3.8) is 0 Å². The third-order valence-corrected chi connectivity index (χ3v) is 3.97. The Kier molecular flexibility index (Phi) is 4.11. The van der Waals surface area contributed by atoms with Gasteiger partial charge in [0.2, 0.25) is 0 Å². The topological polar surface area (TPSA) is 18.5 Å². The summed E-state index contributed by atoms with van der Waals surface area (Å²) in [6.45, 7) is 0.504. The van der Waals surface area contributed by atoms with E-state index < -0.39 is 0 Å². The van der Waals surface area contributed by atoms with E-state index >= 15 is 0 Å². The summed E-state index contributed by atoms with van der Waals surface area (Å²) in [5.41, 5.74) is 1.13. The van der Waals surface area contributed by atoms with Crippen LogP contribution in [-0.2, 0) is 6.61 Å². The van der Waals surface area contributed by atoms with Gasteiger partial charge in [0.1, 0.15) is 6.61 Å². The van der Waals surface area contributed by atoms with Crippen LogP contribution in [0.1, 0.15) is 5.56 Å². The van der Waals surface area contributed by atoms with E-state index in [0.29, 0.717) is 6.61 Å². The van der Waals surface area contributed by atoms with Gasteiger partial charge in [-0.15, -0.1) is 0 Å². The van der Waals surface area contributed by atoms with Gasteiger partial charge in [-0.2, -0.15) is 0 Å². The van der Waals surface area contributed by atoms with Crippen LogP contribution in [0, 0.1) is 0 Å². The first-order chi connectivity index (χ1) is 10.3. The lowest BCUT2D eigenvalue weighted by molar-refractivity contribution is 0.282. The van der Waals surface area contributed by atoms with E-state index in [9.17, 15) is 0 Å². The Hall–Kier alpha value is -2.00. The highest BCUT2D eigenvalue weighted by molar-refractivity contribution is 9.10. The Bertz CT molecular complexity index is 768. The highest BCUT2D eigenvalue weighted by Gasteiger charge is 2.08. The van der Waals surface area contributed by atoms with Crippen molar-refractivity contribution in [2.75, 3.05) is 7.11 Å². The molecule has 0 fully saturated rings. The normalized spacial score (nSPS) is 10.6. The SMILES string of the molecule is COc1cccc(Br)c1OCc1ccc2ccccc2c1. The zero-order chi connectivity index (χ0) is 14.7. The fourth-order valence-corrected chi connectivity index (χ4v) is 2.74. The Balaban J connectivity index is 1.83. The summed E-state index contributed by atoms with van der Waals surface area (Å²) in [4.78, 5) is 0. The van der Waals surface area contributed by atoms with E-state index in [4.69, 9.17) is 9.47 Å². The minimum absolute atomic E-state index is 0.504. The van der Waals surface area contributed by atoms with Gasteiger partial charge in [-0.3, -0.25) is 0 Å². The summed E-state index contributed by atoms with van der Waals surface area (Å²) >= 11 is 3.50. The van der Waals surface area contributed by atoms with E-state index in [1.807, 2.05) is 30.3 Å². The van der Waals surface area contributed by atoms with Crippen LogP contribution >= 0.6 is 15.9 Å². The first kappa shape index (κ1) is 14.0. The van der Waals surface area contributed by atoms with Gasteiger partial charge in [0.05, 0.1) is 11.6 Å². The molecule has 0 aliphatic carbocycles. The Labute approximate surface area is 132 Å². The van der Waals surface area contributed by atoms with Crippen LogP contribution in [0.25, 0.3) is 10.8 Å². The van der Waals surface area contributed by atoms with Crippen molar-refractivity contribution in [3.05, 3.63) is 70.7 Å². The molecule has 21 heavy (non-hydrogen) atoms. The molecule has 0 atom stereocenters. The molecular weight excluding hydrogens is 328 g/mol. The quantitative estimate of drug-likeness (QED) is 0.649. The van der Waals surface area contributed by atoms with Crippen molar-refractivity contribution in [2.45, 2.75) is 6.61 Å². The smallest absolute Gasteiger partial charge is 0.175 e. The molecule has 106 valence electrons. The minimum Gasteiger partial charge on any atom is -0.493 e. The summed E-state index contributed by atoms with van der Waals surface area (Å²) in [6, 6.07) is 20.4. The number of hydrogen-bond donors (Lipinski definition) is 0. The molecule has 0 aromatic heterocycles. The lowest BCUT2D eigenvalue weighted by Crippen LogP contribution is -1.98. The predicted molar refractivity (Wildman–Crippen MR) is 89.0 cm³/mol. The number of rotatable bonds is 4. The molecule has 3 heteroatoms. The summed E-state index contributed by atoms with van der Waals surface area (Å²) < 4.78 is 12.1. The van der Waals surface area contributed by atoms with Crippen molar-refractivity contribution >= 4 is 26.7 Å². The van der Waals surface area contributed by atoms with E-state index in [0.717, 1.165) is 21.5 Å². The second kappa shape index (κ2) is 6.19. The maximum Gasteiger partial charge on any atom is 0.175 e. The lowest BCUT2D eigenvalue weighted by Gasteiger charge is -2.12. The fraction of sp³-hybridized carbons (Fsp3) is 0.111. The number of hydrogen-bond acceptors (Lipinski definition) is 2. The number of halogens is 1. The standard InChI is InChI=1S/C18H15BrO2/c1-20-17-8-4-7-16(19)18(17)21-12-13-9-10-14-5-2-3-6-15(14)11-13/h2-11H,12H2,1H3. The summed E-state index contributed by atoms with van der Waals surface area (Å²) in [7, 11) is 1.64. The molecule has 3 aromatic rings. The zero-order valence-corrected chi connectivity index (χ0v) is 13.3. The average Bonchev–Trinajstić information content (AvgIpc) is 2.53. The van der Waals surface area contributed by atoms with Crippen LogP contribution in [0.4, 0.5) is 0 Å². The highest BCUT2D eigenvalue weighted by atomic mass is 79.9. The van der Waals surface area contributed by atoms with Crippen LogP contribution in [0.2, 0.25) is 0 Å². The van der Waals surface area contributed by atoms with Crippen LogP contribution in [0.3, 0.4) is 0 Å². The molecule has 0 saturated heterocycles. The molecule has 0 unspecified atom stereocenters. The minimum atomic E-state index is 0.504. The zero-order valence-electron chi connectivity index (χ0n) is 11.7. The molecule has 3 aromatic carbocycles. The van der Waals surface area contributed by atoms with Crippen LogP contribution in [0.15, 0.2) is 65.1 Å². The molecule has 2 nitrogen and oxygen atoms in total. The first-order valence-corrected chi connectivity index (χ1v) is 7.50. The number of fused-ring (bicyclic) bond motifs is 1. The average molecular weight is 343 g/mol. The van der Waals surface area contributed by atoms with E-state index in [1.54, 1.807) is 7.11 Å². The molecule has 0 aliphatic rings. The monoisotopic (exact) mass is 342 g/mol. The molecule has 0 spiro atoms. The van der Waals surface area contributed by atoms with Gasteiger partial charge in [0.25, 0.3) is 0 Å². The summed E-state index contributed by atoms with van der Waals surface area (Å²) in [6.07, 6.45) is 0. The Morgan fingerprint density at radius 3 is 2.52 bits per heavy atom. The van der Waals surface area contributed by atoms with Crippen LogP contribution in [-0.4, -0.2) is 7.11 Å². The first-order valence-electron chi connectivity index (χ1n) is 6.71. The number of para-hydroxylation sites is 1. The van der Waals surface area contributed by atoms with Gasteiger partial charge >= 0.3 is 0 Å². The second-order valence-corrected chi connectivity index (χ2v) is 5.60. The fourth-order valence-electron chi connectivity index (χ4n) is 2.27. The van der Waals surface area contributed by atoms with Gasteiger partial charge in [0.15, 0.2) is 11.5 Å². The Morgan fingerprint density at radius 2 is 1.71 bits per heavy atom. The maximum atomic E-state index is 5.92. The largest absolute Gasteiger partial charge is 0.493 e. The Morgan fingerprint density at radius 1 is 0.905 bits per heavy atom. The van der Waals surface area contributed by atoms with Gasteiger partial charge in [-0.1, -0.05) is 42.5 Å². The van der Waals surface area contributed by atoms with Gasteiger partial charge < -0.3 is 9.47 Å². The molecular formula is C18H15BrO2. The number of ether oxygens (including phenoxy) is 2. The number of benzene rings is 3. The van der Waals surface area contributed by atoms with Crippen LogP contribution < -0.4 is 9.47 Å². The second-order valence-electron chi connectivity index (χ2n) is 4.74. The molecule has 0 N–H and O–H groups in total. The molecule has 3 rings (SSSR count). The molecule has 0 bridgehead atoms. The van der Waals surface area contributed by atoms with Crippen molar-refractivity contribution in [1.82, 2.24) is 0 Å². The van der Waals surface area contributed by atoms with Crippen molar-refractivity contribution in [3.8, 4) is 11.5 Å². The van der Waals surface area contributed by atoms with Crippen molar-refractivity contribution < 1.29 is 9.47 Å². The molecule has 0 radical (unpaired) electrons. The third kappa shape index (κ3) is 3.03. The predicted octanol–water partition coefficient (Wildman–Crippen LogP) is 5.19. The maximum absolute atomic E-state index is 5.92. The van der Waals surface area contributed by atoms with Gasteiger partial charge in [0, 0.05) is 0 Å². The lowest BCUT2D eigenvalue weighted by atomic mass is 10.1. The number of methoxy groups -OCH3 is 1. The van der Waals surface area contributed by atoms with Gasteiger partial charge in [-0.25, -0.2) is 0 Å². The highest BCUT2D eigenvalue weighted by Crippen LogP contribution is 2.35. The molecule has 0 heterocycles. The van der Waals surface area contributed by atoms with E-state index in [1.165, 1.54) is 10.8 Å². The van der Waals surface area contributed by atoms with E-state index in [2.05, 4.69) is 46.3 Å². The molecule has 0 amide bonds. The third-order valence-electron chi connectivity index (χ3n) is 3.35. The van der Waals surface area contributed by atoms with Crippen molar-refractivity contribution in [2.24, 2.45) is 0 Å². The van der Waals surface area contributed by atoms with Crippen molar-refractivity contribution in [1.29, 1.82) is 0 Å². The van der Waals surface area contributed by atoms with Gasteiger partial charge in [-0.05, 0) is 50.5 Å². The summed E-state index contributed by atoms with van der Waals surface area (Å²) in [5, 5.41) is 2.46. The van der Waals surface area contributed by atoms with Crippen LogP contribution in [0.5, 0.6) is 11.5 Å². The molecule has 0 aliphatic heterocycles. The summed E-state index contributed by atoms with van der Waals surface area (Å²) in [5.74, 6) is 1.46.